The van der Waals surface area contributed by atoms with Gasteiger partial charge in [0.25, 0.3) is 5.69 Å². The third-order valence-electron chi connectivity index (χ3n) is 7.36. The lowest BCUT2D eigenvalue weighted by Crippen LogP contribution is -2.61. The van der Waals surface area contributed by atoms with Crippen LogP contribution in [0.4, 0.5) is 17.1 Å². The molecule has 2 fully saturated rings. The van der Waals surface area contributed by atoms with E-state index in [2.05, 4.69) is 11.0 Å². The van der Waals surface area contributed by atoms with Crippen LogP contribution in [0.25, 0.3) is 0 Å². The fourth-order valence-electron chi connectivity index (χ4n) is 6.20. The summed E-state index contributed by atoms with van der Waals surface area (Å²) >= 11 is 0. The van der Waals surface area contributed by atoms with Crippen molar-refractivity contribution in [2.24, 2.45) is 5.92 Å². The molecule has 2 aliphatic carbocycles. The summed E-state index contributed by atoms with van der Waals surface area (Å²) in [6, 6.07) is 11.4. The monoisotopic (exact) mass is 379 g/mol. The van der Waals surface area contributed by atoms with E-state index in [9.17, 15) is 15.2 Å². The average molecular weight is 379 g/mol. The van der Waals surface area contributed by atoms with Gasteiger partial charge in [0.1, 0.15) is 11.4 Å². The van der Waals surface area contributed by atoms with E-state index >= 15 is 0 Å². The zero-order valence-electron chi connectivity index (χ0n) is 15.8. The molecule has 2 aromatic rings. The molecule has 0 radical (unpaired) electrons. The number of nitro groups is 1. The van der Waals surface area contributed by atoms with Gasteiger partial charge >= 0.3 is 0 Å². The van der Waals surface area contributed by atoms with Crippen molar-refractivity contribution in [3.63, 3.8) is 0 Å². The number of phenolic OH excluding ortho intramolecular Hbond substituents is 1. The van der Waals surface area contributed by atoms with Crippen LogP contribution >= 0.6 is 0 Å². The van der Waals surface area contributed by atoms with E-state index in [1.54, 1.807) is 12.1 Å². The summed E-state index contributed by atoms with van der Waals surface area (Å²) in [7, 11) is 0. The van der Waals surface area contributed by atoms with Crippen molar-refractivity contribution < 1.29 is 10.0 Å². The van der Waals surface area contributed by atoms with Crippen LogP contribution in [0, 0.1) is 16.0 Å². The fourth-order valence-corrected chi connectivity index (χ4v) is 6.20. The van der Waals surface area contributed by atoms with Gasteiger partial charge in [0.2, 0.25) is 0 Å². The molecule has 6 nitrogen and oxygen atoms in total. The second-order valence-electron chi connectivity index (χ2n) is 8.56. The van der Waals surface area contributed by atoms with Crippen molar-refractivity contribution in [3.05, 3.63) is 57.6 Å². The zero-order chi connectivity index (χ0) is 19.5. The van der Waals surface area contributed by atoms with Crippen LogP contribution in [0.1, 0.15) is 43.2 Å². The number of nitro benzene ring substituents is 1. The molecule has 6 heteroatoms. The van der Waals surface area contributed by atoms with Gasteiger partial charge in [0.05, 0.1) is 4.92 Å². The van der Waals surface area contributed by atoms with Crippen LogP contribution in [0.5, 0.6) is 5.75 Å². The van der Waals surface area contributed by atoms with E-state index in [1.807, 2.05) is 12.1 Å². The van der Waals surface area contributed by atoms with Gasteiger partial charge < -0.3 is 15.7 Å². The molecule has 1 saturated carbocycles. The van der Waals surface area contributed by atoms with Crippen LogP contribution in [-0.2, 0) is 11.8 Å². The Bertz CT molecular complexity index is 960. The molecule has 0 amide bonds. The molecule has 5 rings (SSSR count). The van der Waals surface area contributed by atoms with Gasteiger partial charge in [-0.05, 0) is 67.0 Å². The number of nitrogens with two attached hydrogens (primary N) is 1. The predicted molar refractivity (Wildman–Crippen MR) is 109 cm³/mol. The number of anilines is 2. The van der Waals surface area contributed by atoms with Crippen molar-refractivity contribution in [1.82, 2.24) is 0 Å². The molecule has 3 atom stereocenters. The van der Waals surface area contributed by atoms with Crippen molar-refractivity contribution in [2.75, 3.05) is 17.2 Å². The molecule has 1 aliphatic heterocycles. The molecular formula is C22H25N3O3. The van der Waals surface area contributed by atoms with Crippen LogP contribution in [0.2, 0.25) is 0 Å². The topological polar surface area (TPSA) is 92.6 Å². The van der Waals surface area contributed by atoms with E-state index in [0.29, 0.717) is 17.7 Å². The Labute approximate surface area is 164 Å². The van der Waals surface area contributed by atoms with Gasteiger partial charge in [-0.3, -0.25) is 10.1 Å². The first-order valence-electron chi connectivity index (χ1n) is 10.1. The summed E-state index contributed by atoms with van der Waals surface area (Å²) in [5.41, 5.74) is 10.0. The van der Waals surface area contributed by atoms with Crippen molar-refractivity contribution in [3.8, 4) is 5.75 Å². The van der Waals surface area contributed by atoms with Crippen molar-refractivity contribution in [1.29, 1.82) is 0 Å². The van der Waals surface area contributed by atoms with Gasteiger partial charge in [-0.1, -0.05) is 18.9 Å². The number of nitrogen functional groups attached to an aromatic ring is 1. The van der Waals surface area contributed by atoms with Crippen LogP contribution in [0.3, 0.4) is 0 Å². The lowest BCUT2D eigenvalue weighted by Gasteiger charge is -2.59. The summed E-state index contributed by atoms with van der Waals surface area (Å²) in [5, 5.41) is 21.2. The first kappa shape index (κ1) is 17.3. The number of hydrogen-bond acceptors (Lipinski definition) is 5. The Balaban J connectivity index is 1.58. The maximum absolute atomic E-state index is 11.1. The standard InChI is InChI=1S/C22H25N3O3/c23-19-12-15(5-7-20(19)25(27)28)24-10-9-22-8-2-1-3-17(22)21(24)11-14-4-6-16(26)13-18(14)22/h4-7,12-13,17,21,26H,1-3,8-11,23H2/t17-,21+,22+/m1/s1. The van der Waals surface area contributed by atoms with Gasteiger partial charge in [0.15, 0.2) is 0 Å². The number of benzene rings is 2. The number of nitrogens with zero attached hydrogens (tertiary/aromatic N) is 2. The summed E-state index contributed by atoms with van der Waals surface area (Å²) in [6.45, 7) is 0.910. The van der Waals surface area contributed by atoms with Crippen molar-refractivity contribution in [2.45, 2.75) is 50.0 Å². The normalized spacial score (nSPS) is 28.4. The molecule has 3 aliphatic rings. The maximum atomic E-state index is 11.1. The van der Waals surface area contributed by atoms with Gasteiger partial charge in [-0.15, -0.1) is 0 Å². The Morgan fingerprint density at radius 1 is 1.18 bits per heavy atom. The van der Waals surface area contributed by atoms with E-state index in [4.69, 9.17) is 5.73 Å². The number of piperidine rings is 1. The third-order valence-corrected chi connectivity index (χ3v) is 7.36. The lowest BCUT2D eigenvalue weighted by molar-refractivity contribution is -0.383. The smallest absolute Gasteiger partial charge is 0.292 e. The zero-order valence-corrected chi connectivity index (χ0v) is 15.8. The largest absolute Gasteiger partial charge is 0.508 e. The predicted octanol–water partition coefficient (Wildman–Crippen LogP) is 4.15. The van der Waals surface area contributed by atoms with E-state index in [1.165, 1.54) is 42.9 Å². The van der Waals surface area contributed by atoms with Crippen molar-refractivity contribution >= 4 is 17.1 Å². The minimum absolute atomic E-state index is 0.0303. The van der Waals surface area contributed by atoms with Crippen LogP contribution < -0.4 is 10.6 Å². The number of rotatable bonds is 2. The van der Waals surface area contributed by atoms with Gasteiger partial charge in [0, 0.05) is 29.8 Å². The molecule has 2 aromatic carbocycles. The second kappa shape index (κ2) is 6.12. The van der Waals surface area contributed by atoms with E-state index in [0.717, 1.165) is 25.1 Å². The highest BCUT2D eigenvalue weighted by Gasteiger charge is 2.54. The minimum atomic E-state index is -0.426. The molecule has 1 heterocycles. The minimum Gasteiger partial charge on any atom is -0.508 e. The average Bonchev–Trinajstić information content (AvgIpc) is 2.68. The summed E-state index contributed by atoms with van der Waals surface area (Å²) < 4.78 is 0. The van der Waals surface area contributed by atoms with Crippen LogP contribution in [-0.4, -0.2) is 22.6 Å². The summed E-state index contributed by atoms with van der Waals surface area (Å²) in [4.78, 5) is 13.1. The molecule has 0 spiro atoms. The Morgan fingerprint density at radius 2 is 2.04 bits per heavy atom. The highest BCUT2D eigenvalue weighted by molar-refractivity contribution is 5.67. The third kappa shape index (κ3) is 2.40. The number of fused-ring (bicyclic) bond motifs is 1. The molecule has 28 heavy (non-hydrogen) atoms. The molecule has 3 N–H and O–H groups in total. The molecule has 146 valence electrons. The summed E-state index contributed by atoms with van der Waals surface area (Å²) in [5.74, 6) is 0.905. The Hall–Kier alpha value is -2.76. The number of phenols is 1. The highest BCUT2D eigenvalue weighted by Crippen LogP contribution is 2.56. The Morgan fingerprint density at radius 3 is 2.82 bits per heavy atom. The number of hydrogen-bond donors (Lipinski definition) is 2. The number of aromatic hydroxyl groups is 1. The molecule has 0 unspecified atom stereocenters. The van der Waals surface area contributed by atoms with E-state index in [-0.39, 0.29) is 16.8 Å². The lowest BCUT2D eigenvalue weighted by atomic mass is 9.52. The highest BCUT2D eigenvalue weighted by atomic mass is 16.6. The van der Waals surface area contributed by atoms with Gasteiger partial charge in [-0.25, -0.2) is 0 Å². The SMILES string of the molecule is Nc1cc(N2CC[C@@]34CCCC[C@@H]3[C@@H]2Cc2ccc(O)cc24)ccc1[N+](=O)[O-]. The van der Waals surface area contributed by atoms with E-state index < -0.39 is 4.92 Å². The first-order valence-corrected chi connectivity index (χ1v) is 10.1. The Kier molecular flexibility index (Phi) is 3.79. The maximum Gasteiger partial charge on any atom is 0.292 e. The van der Waals surface area contributed by atoms with Gasteiger partial charge in [-0.2, -0.15) is 0 Å². The second-order valence-corrected chi connectivity index (χ2v) is 8.56. The molecule has 1 saturated heterocycles. The molecule has 0 aromatic heterocycles. The van der Waals surface area contributed by atoms with Crippen LogP contribution in [0.15, 0.2) is 36.4 Å². The molecule has 2 bridgehead atoms. The summed E-state index contributed by atoms with van der Waals surface area (Å²) in [6.07, 6.45) is 6.84. The quantitative estimate of drug-likeness (QED) is 0.465. The first-order chi connectivity index (χ1) is 13.5. The fraction of sp³-hybridized carbons (Fsp3) is 0.455. The molecular weight excluding hydrogens is 354 g/mol.